The molecule has 6 heteroatoms. The van der Waals surface area contributed by atoms with Gasteiger partial charge >= 0.3 is 5.97 Å². The quantitative estimate of drug-likeness (QED) is 0.444. The molecule has 0 aliphatic heterocycles. The lowest BCUT2D eigenvalue weighted by Crippen LogP contribution is -2.25. The van der Waals surface area contributed by atoms with Crippen LogP contribution in [0.2, 0.25) is 5.02 Å². The summed E-state index contributed by atoms with van der Waals surface area (Å²) in [5.74, 6) is -0.320. The zero-order chi connectivity index (χ0) is 20.8. The Hall–Kier alpha value is -2.37. The van der Waals surface area contributed by atoms with E-state index < -0.39 is 5.97 Å². The van der Waals surface area contributed by atoms with E-state index in [2.05, 4.69) is 18.7 Å². The van der Waals surface area contributed by atoms with Crippen molar-refractivity contribution in [1.29, 1.82) is 0 Å². The molecule has 0 radical (unpaired) electrons. The van der Waals surface area contributed by atoms with Crippen molar-refractivity contribution >= 4 is 34.0 Å². The number of aromatic nitrogens is 1. The Balaban J connectivity index is 1.98. The minimum absolute atomic E-state index is 0.0679. The van der Waals surface area contributed by atoms with Crippen LogP contribution in [-0.2, 0) is 17.8 Å². The Bertz CT molecular complexity index is 957. The molecule has 0 amide bonds. The zero-order valence-electron chi connectivity index (χ0n) is 16.6. The number of thiazole rings is 1. The van der Waals surface area contributed by atoms with Gasteiger partial charge in [0.15, 0.2) is 5.13 Å². The molecule has 152 valence electrons. The summed E-state index contributed by atoms with van der Waals surface area (Å²) in [6.45, 7) is 5.41. The van der Waals surface area contributed by atoms with Gasteiger partial charge in [0.1, 0.15) is 0 Å². The minimum atomic E-state index is -0.808. The Labute approximate surface area is 180 Å². The molecule has 3 aromatic rings. The first-order valence-electron chi connectivity index (χ1n) is 9.68. The number of nitrogens with zero attached hydrogens (tertiary/aromatic N) is 2. The summed E-state index contributed by atoms with van der Waals surface area (Å²) in [6.07, 6.45) is 0.982. The van der Waals surface area contributed by atoms with Crippen LogP contribution in [0, 0.1) is 5.92 Å². The topological polar surface area (TPSA) is 53.4 Å². The van der Waals surface area contributed by atoms with Gasteiger partial charge in [-0.3, -0.25) is 4.79 Å². The molecule has 0 aliphatic rings. The fourth-order valence-electron chi connectivity index (χ4n) is 3.12. The summed E-state index contributed by atoms with van der Waals surface area (Å²) < 4.78 is 0. The van der Waals surface area contributed by atoms with Gasteiger partial charge in [-0.05, 0) is 30.0 Å². The molecule has 0 spiro atoms. The zero-order valence-corrected chi connectivity index (χ0v) is 18.2. The van der Waals surface area contributed by atoms with Crippen LogP contribution >= 0.6 is 22.9 Å². The van der Waals surface area contributed by atoms with E-state index in [1.54, 1.807) is 11.3 Å². The van der Waals surface area contributed by atoms with Gasteiger partial charge in [-0.15, -0.1) is 11.3 Å². The van der Waals surface area contributed by atoms with Crippen molar-refractivity contribution in [3.63, 3.8) is 0 Å². The fraction of sp³-hybridized carbons (Fsp3) is 0.304. The highest BCUT2D eigenvalue weighted by Crippen LogP contribution is 2.36. The second kappa shape index (κ2) is 9.90. The van der Waals surface area contributed by atoms with Crippen molar-refractivity contribution in [2.45, 2.75) is 33.2 Å². The molecule has 0 saturated carbocycles. The first kappa shape index (κ1) is 21.3. The van der Waals surface area contributed by atoms with Crippen molar-refractivity contribution in [3.05, 3.63) is 70.1 Å². The van der Waals surface area contributed by atoms with E-state index in [-0.39, 0.29) is 6.42 Å². The number of hydrogen-bond donors (Lipinski definition) is 1. The van der Waals surface area contributed by atoms with E-state index >= 15 is 0 Å². The van der Waals surface area contributed by atoms with E-state index in [0.717, 1.165) is 28.4 Å². The molecule has 1 N–H and O–H groups in total. The summed E-state index contributed by atoms with van der Waals surface area (Å²) in [6, 6.07) is 17.8. The number of carbonyl (C=O) groups is 1. The summed E-state index contributed by atoms with van der Waals surface area (Å²) in [7, 11) is 0. The molecule has 0 fully saturated rings. The summed E-state index contributed by atoms with van der Waals surface area (Å²) in [5.41, 5.74) is 3.06. The van der Waals surface area contributed by atoms with E-state index in [1.165, 1.54) is 4.88 Å². The third-order valence-electron chi connectivity index (χ3n) is 4.46. The molecule has 3 rings (SSSR count). The molecule has 4 nitrogen and oxygen atoms in total. The van der Waals surface area contributed by atoms with E-state index in [4.69, 9.17) is 16.6 Å². The average Bonchev–Trinajstić information content (AvgIpc) is 3.08. The van der Waals surface area contributed by atoms with Crippen LogP contribution in [-0.4, -0.2) is 22.6 Å². The van der Waals surface area contributed by atoms with Crippen molar-refractivity contribution < 1.29 is 9.90 Å². The number of carboxylic acids is 1. The summed E-state index contributed by atoms with van der Waals surface area (Å²) in [5, 5.41) is 10.7. The number of benzene rings is 2. The monoisotopic (exact) mass is 428 g/mol. The first-order valence-corrected chi connectivity index (χ1v) is 10.9. The smallest absolute Gasteiger partial charge is 0.305 e. The Morgan fingerprint density at radius 2 is 1.93 bits per heavy atom. The second-order valence-corrected chi connectivity index (χ2v) is 8.93. The first-order chi connectivity index (χ1) is 13.9. The maximum atomic E-state index is 11.2. The van der Waals surface area contributed by atoms with Crippen molar-refractivity contribution in [2.24, 2.45) is 5.92 Å². The molecule has 1 heterocycles. The lowest BCUT2D eigenvalue weighted by atomic mass is 10.1. The van der Waals surface area contributed by atoms with Gasteiger partial charge < -0.3 is 10.0 Å². The van der Waals surface area contributed by atoms with Crippen LogP contribution in [0.25, 0.3) is 11.3 Å². The Morgan fingerprint density at radius 1 is 1.17 bits per heavy atom. The lowest BCUT2D eigenvalue weighted by molar-refractivity contribution is -0.136. The van der Waals surface area contributed by atoms with E-state index in [0.29, 0.717) is 24.0 Å². The number of rotatable bonds is 9. The molecule has 0 bridgehead atoms. The van der Waals surface area contributed by atoms with Gasteiger partial charge in [0, 0.05) is 28.6 Å². The normalized spacial score (nSPS) is 11.0. The van der Waals surface area contributed by atoms with Gasteiger partial charge in [-0.1, -0.05) is 67.9 Å². The van der Waals surface area contributed by atoms with Crippen LogP contribution in [0.5, 0.6) is 0 Å². The third-order valence-corrected chi connectivity index (χ3v) is 5.83. The number of anilines is 1. The van der Waals surface area contributed by atoms with Crippen LogP contribution in [0.3, 0.4) is 0 Å². The molecule has 29 heavy (non-hydrogen) atoms. The molecule has 1 aromatic heterocycles. The molecule has 0 unspecified atom stereocenters. The van der Waals surface area contributed by atoms with Gasteiger partial charge in [0.05, 0.1) is 12.1 Å². The number of aliphatic carboxylic acids is 1. The molecular weight excluding hydrogens is 404 g/mol. The van der Waals surface area contributed by atoms with Crippen molar-refractivity contribution in [2.75, 3.05) is 11.4 Å². The highest BCUT2D eigenvalue weighted by Gasteiger charge is 2.19. The van der Waals surface area contributed by atoms with Crippen LogP contribution in [0.1, 0.15) is 30.7 Å². The van der Waals surface area contributed by atoms with E-state index in [1.807, 2.05) is 54.6 Å². The third kappa shape index (κ3) is 6.05. The molecule has 0 aliphatic carbocycles. The van der Waals surface area contributed by atoms with E-state index in [9.17, 15) is 9.90 Å². The standard InChI is InChI=1S/C23H25ClN2O2S/c1-16(2)13-20-22(18-9-6-10-19(24)14-18)25-23(29-20)26(12-11-21(27)28)15-17-7-4-3-5-8-17/h3-10,14,16H,11-13,15H2,1-2H3,(H,27,28). The lowest BCUT2D eigenvalue weighted by Gasteiger charge is -2.21. The predicted molar refractivity (Wildman–Crippen MR) is 121 cm³/mol. The van der Waals surface area contributed by atoms with Gasteiger partial charge in [0.25, 0.3) is 0 Å². The van der Waals surface area contributed by atoms with Crippen molar-refractivity contribution in [1.82, 2.24) is 4.98 Å². The second-order valence-electron chi connectivity index (χ2n) is 7.43. The number of hydrogen-bond acceptors (Lipinski definition) is 4. The molecule has 0 saturated heterocycles. The summed E-state index contributed by atoms with van der Waals surface area (Å²) >= 11 is 7.86. The number of carboxylic acid groups (broad SMARTS) is 1. The minimum Gasteiger partial charge on any atom is -0.481 e. The van der Waals surface area contributed by atoms with Crippen molar-refractivity contribution in [3.8, 4) is 11.3 Å². The highest BCUT2D eigenvalue weighted by molar-refractivity contribution is 7.16. The van der Waals surface area contributed by atoms with Gasteiger partial charge in [0.2, 0.25) is 0 Å². The molecular formula is C23H25ClN2O2S. The number of halogens is 1. The average molecular weight is 429 g/mol. The van der Waals surface area contributed by atoms with Gasteiger partial charge in [-0.25, -0.2) is 4.98 Å². The fourth-order valence-corrected chi connectivity index (χ4v) is 4.63. The van der Waals surface area contributed by atoms with Crippen LogP contribution in [0.4, 0.5) is 5.13 Å². The maximum absolute atomic E-state index is 11.2. The largest absolute Gasteiger partial charge is 0.481 e. The molecule has 0 atom stereocenters. The predicted octanol–water partition coefficient (Wildman–Crippen LogP) is 6.14. The maximum Gasteiger partial charge on any atom is 0.305 e. The molecule has 2 aromatic carbocycles. The SMILES string of the molecule is CC(C)Cc1sc(N(CCC(=O)O)Cc2ccccc2)nc1-c1cccc(Cl)c1. The highest BCUT2D eigenvalue weighted by atomic mass is 35.5. The Morgan fingerprint density at radius 3 is 2.59 bits per heavy atom. The van der Waals surface area contributed by atoms with Crippen LogP contribution in [0.15, 0.2) is 54.6 Å². The summed E-state index contributed by atoms with van der Waals surface area (Å²) in [4.78, 5) is 19.4. The van der Waals surface area contributed by atoms with Crippen LogP contribution < -0.4 is 4.90 Å². The van der Waals surface area contributed by atoms with Gasteiger partial charge in [-0.2, -0.15) is 0 Å². The Kier molecular flexibility index (Phi) is 7.29.